The molecule has 0 bridgehead atoms. The van der Waals surface area contributed by atoms with Crippen LogP contribution in [-0.2, 0) is 0 Å². The lowest BCUT2D eigenvalue weighted by molar-refractivity contribution is 0.254. The summed E-state index contributed by atoms with van der Waals surface area (Å²) in [6, 6.07) is 10.4. The van der Waals surface area contributed by atoms with Gasteiger partial charge >= 0.3 is 0 Å². The highest BCUT2D eigenvalue weighted by atomic mass is 35.5. The maximum atomic E-state index is 6.52. The van der Waals surface area contributed by atoms with E-state index in [0.717, 1.165) is 28.6 Å². The molecule has 0 saturated carbocycles. The Morgan fingerprint density at radius 1 is 1.26 bits per heavy atom. The summed E-state index contributed by atoms with van der Waals surface area (Å²) < 4.78 is 10.9. The van der Waals surface area contributed by atoms with Gasteiger partial charge in [-0.15, -0.1) is 0 Å². The minimum atomic E-state index is -0.0720. The number of aromatic nitrogens is 1. The molecule has 142 valence electrons. The Bertz CT molecular complexity index is 862. The average molecular weight is 404 g/mol. The summed E-state index contributed by atoms with van der Waals surface area (Å²) in [6.07, 6.45) is 2.89. The van der Waals surface area contributed by atoms with E-state index in [1.54, 1.807) is 14.2 Å². The molecule has 0 spiro atoms. The third kappa shape index (κ3) is 3.15. The fourth-order valence-electron chi connectivity index (χ4n) is 3.82. The van der Waals surface area contributed by atoms with Crippen LogP contribution in [0.4, 0.5) is 0 Å². The van der Waals surface area contributed by atoms with E-state index in [9.17, 15) is 0 Å². The number of benzene rings is 1. The number of fused-ring (bicyclic) bond motifs is 1. The molecule has 1 aromatic carbocycles. The minimum absolute atomic E-state index is 0.0344. The maximum absolute atomic E-state index is 6.52. The zero-order valence-electron chi connectivity index (χ0n) is 15.6. The van der Waals surface area contributed by atoms with Crippen molar-refractivity contribution in [3.63, 3.8) is 0 Å². The number of rotatable bonds is 5. The molecule has 3 atom stereocenters. The molecule has 1 fully saturated rings. The van der Waals surface area contributed by atoms with Gasteiger partial charge in [0, 0.05) is 18.0 Å². The number of hydrogen-bond acceptors (Lipinski definition) is 6. The van der Waals surface area contributed by atoms with E-state index in [-0.39, 0.29) is 12.1 Å². The molecule has 27 heavy (non-hydrogen) atoms. The molecule has 1 saturated heterocycles. The van der Waals surface area contributed by atoms with Crippen molar-refractivity contribution >= 4 is 28.5 Å². The smallest absolute Gasteiger partial charge is 0.179 e. The van der Waals surface area contributed by atoms with Crippen molar-refractivity contribution in [2.24, 2.45) is 4.99 Å². The summed E-state index contributed by atoms with van der Waals surface area (Å²) in [5.41, 5.74) is 2.03. The molecule has 0 radical (unpaired) electrons. The van der Waals surface area contributed by atoms with Crippen LogP contribution in [-0.4, -0.2) is 41.1 Å². The third-order valence-corrected chi connectivity index (χ3v) is 6.53. The Labute approximate surface area is 168 Å². The number of halogens is 1. The lowest BCUT2D eigenvalue weighted by Crippen LogP contribution is -2.35. The van der Waals surface area contributed by atoms with E-state index in [0.29, 0.717) is 22.6 Å². The Hall–Kier alpha value is -1.92. The lowest BCUT2D eigenvalue weighted by Gasteiger charge is -2.32. The number of amidine groups is 1. The molecule has 0 amide bonds. The van der Waals surface area contributed by atoms with Crippen LogP contribution in [0.5, 0.6) is 11.5 Å². The van der Waals surface area contributed by atoms with Crippen molar-refractivity contribution in [2.75, 3.05) is 20.0 Å². The van der Waals surface area contributed by atoms with Gasteiger partial charge in [0.05, 0.1) is 31.0 Å². The summed E-state index contributed by atoms with van der Waals surface area (Å²) in [7, 11) is 3.23. The van der Waals surface area contributed by atoms with Gasteiger partial charge in [-0.05, 0) is 36.2 Å². The molecule has 2 aliphatic heterocycles. The first kappa shape index (κ1) is 18.4. The topological polar surface area (TPSA) is 47.0 Å². The van der Waals surface area contributed by atoms with Gasteiger partial charge in [-0.1, -0.05) is 36.4 Å². The minimum Gasteiger partial charge on any atom is -0.493 e. The van der Waals surface area contributed by atoms with Crippen molar-refractivity contribution in [3.05, 3.63) is 52.8 Å². The zero-order valence-corrected chi connectivity index (χ0v) is 17.1. The molecular formula is C20H22ClN3O2S. The van der Waals surface area contributed by atoms with Gasteiger partial charge in [-0.3, -0.25) is 9.98 Å². The fourth-order valence-corrected chi connectivity index (χ4v) is 5.45. The Morgan fingerprint density at radius 3 is 2.78 bits per heavy atom. The van der Waals surface area contributed by atoms with Gasteiger partial charge < -0.3 is 14.4 Å². The number of ether oxygens (including phenoxy) is 2. The summed E-state index contributed by atoms with van der Waals surface area (Å²) in [5.74, 6) is 2.24. The molecule has 0 N–H and O–H groups in total. The molecule has 7 heteroatoms. The standard InChI is InChI=1S/C20H22ClN3O2S/c1-4-13-11-27-20-23-17(15-7-5-6-8-22-15)18(24(13)20)12-9-14(21)19(26-3)16(10-12)25-2/h5-10,13,17-18H,4,11H2,1-3H3/t13-,17+,18-/m1/s1. The number of thioether (sulfide) groups is 1. The van der Waals surface area contributed by atoms with Gasteiger partial charge in [-0.25, -0.2) is 0 Å². The van der Waals surface area contributed by atoms with E-state index in [4.69, 9.17) is 26.1 Å². The summed E-state index contributed by atoms with van der Waals surface area (Å²) in [5, 5.41) is 1.63. The Balaban J connectivity index is 1.83. The molecule has 5 nitrogen and oxygen atoms in total. The van der Waals surface area contributed by atoms with E-state index in [1.807, 2.05) is 48.3 Å². The Morgan fingerprint density at radius 2 is 2.11 bits per heavy atom. The van der Waals surface area contributed by atoms with Gasteiger partial charge in [0.1, 0.15) is 6.04 Å². The fraction of sp³-hybridized carbons (Fsp3) is 0.400. The van der Waals surface area contributed by atoms with Gasteiger partial charge in [0.2, 0.25) is 0 Å². The molecule has 0 unspecified atom stereocenters. The van der Waals surface area contributed by atoms with Crippen molar-refractivity contribution < 1.29 is 9.47 Å². The SMILES string of the molecule is CC[C@@H]1CSC2=N[C@@H](c3ccccn3)[C@@H](c3cc(Cl)c(OC)c(OC)c3)N21. The van der Waals surface area contributed by atoms with E-state index in [2.05, 4.69) is 16.8 Å². The molecule has 0 aliphatic carbocycles. The molecule has 2 aromatic rings. The summed E-state index contributed by atoms with van der Waals surface area (Å²) in [4.78, 5) is 12.0. The van der Waals surface area contributed by atoms with E-state index >= 15 is 0 Å². The van der Waals surface area contributed by atoms with Crippen LogP contribution < -0.4 is 9.47 Å². The number of aliphatic imine (C=N–C) groups is 1. The van der Waals surface area contributed by atoms with Crippen LogP contribution in [0.2, 0.25) is 5.02 Å². The van der Waals surface area contributed by atoms with Crippen LogP contribution in [0.25, 0.3) is 0 Å². The van der Waals surface area contributed by atoms with Crippen LogP contribution in [0.1, 0.15) is 36.7 Å². The quantitative estimate of drug-likeness (QED) is 0.722. The number of nitrogens with zero attached hydrogens (tertiary/aromatic N) is 3. The second-order valence-corrected chi connectivity index (χ2v) is 7.97. The van der Waals surface area contributed by atoms with Crippen LogP contribution in [0, 0.1) is 0 Å². The van der Waals surface area contributed by atoms with Gasteiger partial charge in [-0.2, -0.15) is 0 Å². The summed E-state index contributed by atoms with van der Waals surface area (Å²) in [6.45, 7) is 2.22. The number of methoxy groups -OCH3 is 2. The van der Waals surface area contributed by atoms with Crippen molar-refractivity contribution in [3.8, 4) is 11.5 Å². The predicted molar refractivity (Wildman–Crippen MR) is 110 cm³/mol. The van der Waals surface area contributed by atoms with E-state index < -0.39 is 0 Å². The van der Waals surface area contributed by atoms with Crippen molar-refractivity contribution in [1.82, 2.24) is 9.88 Å². The molecule has 4 rings (SSSR count). The highest BCUT2D eigenvalue weighted by Crippen LogP contribution is 2.50. The van der Waals surface area contributed by atoms with E-state index in [1.165, 1.54) is 0 Å². The second kappa shape index (κ2) is 7.60. The first-order valence-electron chi connectivity index (χ1n) is 8.99. The predicted octanol–water partition coefficient (Wildman–Crippen LogP) is 4.73. The van der Waals surface area contributed by atoms with Crippen molar-refractivity contribution in [2.45, 2.75) is 31.5 Å². The molecule has 2 aliphatic rings. The van der Waals surface area contributed by atoms with Crippen LogP contribution in [0.15, 0.2) is 41.5 Å². The summed E-state index contributed by atoms with van der Waals surface area (Å²) >= 11 is 8.34. The largest absolute Gasteiger partial charge is 0.493 e. The number of pyridine rings is 1. The first-order chi connectivity index (χ1) is 13.2. The monoisotopic (exact) mass is 403 g/mol. The Kier molecular flexibility index (Phi) is 5.19. The van der Waals surface area contributed by atoms with Crippen LogP contribution in [0.3, 0.4) is 0 Å². The first-order valence-corrected chi connectivity index (χ1v) is 10.4. The number of hydrogen-bond donors (Lipinski definition) is 0. The van der Waals surface area contributed by atoms with Gasteiger partial charge in [0.25, 0.3) is 0 Å². The molecule has 1 aromatic heterocycles. The zero-order chi connectivity index (χ0) is 19.0. The highest BCUT2D eigenvalue weighted by molar-refractivity contribution is 8.14. The van der Waals surface area contributed by atoms with Gasteiger partial charge in [0.15, 0.2) is 16.7 Å². The molecular weight excluding hydrogens is 382 g/mol. The third-order valence-electron chi connectivity index (χ3n) is 5.13. The highest BCUT2D eigenvalue weighted by Gasteiger charge is 2.45. The normalized spacial score (nSPS) is 23.9. The molecule has 3 heterocycles. The average Bonchev–Trinajstić information content (AvgIpc) is 3.26. The lowest BCUT2D eigenvalue weighted by atomic mass is 9.95. The van der Waals surface area contributed by atoms with Crippen molar-refractivity contribution in [1.29, 1.82) is 0 Å². The van der Waals surface area contributed by atoms with Crippen LogP contribution >= 0.6 is 23.4 Å². The second-order valence-electron chi connectivity index (χ2n) is 6.57. The maximum Gasteiger partial charge on any atom is 0.179 e.